The van der Waals surface area contributed by atoms with Gasteiger partial charge in [0.25, 0.3) is 0 Å². The molecule has 2 atom stereocenters. The lowest BCUT2D eigenvalue weighted by molar-refractivity contribution is -0.119. The summed E-state index contributed by atoms with van der Waals surface area (Å²) in [5, 5.41) is 12.0. The molecule has 1 saturated heterocycles. The Morgan fingerprint density at radius 1 is 1.47 bits per heavy atom. The second-order valence-corrected chi connectivity index (χ2v) is 5.00. The highest BCUT2D eigenvalue weighted by atomic mass is 35.5. The van der Waals surface area contributed by atoms with Crippen molar-refractivity contribution in [3.63, 3.8) is 0 Å². The highest BCUT2D eigenvalue weighted by molar-refractivity contribution is 6.31. The molecule has 0 aliphatic carbocycles. The molecule has 0 bridgehead atoms. The number of hydrogen-bond donors (Lipinski definition) is 2. The molecule has 0 spiro atoms. The number of anilines is 1. The first kappa shape index (κ1) is 13.8. The average Bonchev–Trinajstić information content (AvgIpc) is 2.78. The maximum Gasteiger partial charge on any atom is 0.337 e. The van der Waals surface area contributed by atoms with E-state index in [-0.39, 0.29) is 29.2 Å². The van der Waals surface area contributed by atoms with Gasteiger partial charge in [-0.25, -0.2) is 4.79 Å². The van der Waals surface area contributed by atoms with Gasteiger partial charge in [-0.05, 0) is 31.5 Å². The van der Waals surface area contributed by atoms with Crippen LogP contribution in [-0.2, 0) is 9.53 Å². The first-order chi connectivity index (χ1) is 8.97. The lowest BCUT2D eigenvalue weighted by Crippen LogP contribution is -2.24. The van der Waals surface area contributed by atoms with Crippen molar-refractivity contribution in [2.24, 2.45) is 5.92 Å². The van der Waals surface area contributed by atoms with Crippen LogP contribution in [-0.4, -0.2) is 29.7 Å². The van der Waals surface area contributed by atoms with Crippen LogP contribution in [0.15, 0.2) is 18.2 Å². The van der Waals surface area contributed by atoms with Crippen LogP contribution in [0.2, 0.25) is 5.02 Å². The summed E-state index contributed by atoms with van der Waals surface area (Å²) in [6.45, 7) is 2.27. The molecule has 2 unspecified atom stereocenters. The van der Waals surface area contributed by atoms with E-state index < -0.39 is 5.97 Å². The van der Waals surface area contributed by atoms with Gasteiger partial charge in [-0.2, -0.15) is 0 Å². The molecule has 102 valence electrons. The molecule has 1 amide bonds. The molecule has 6 heteroatoms. The Labute approximate surface area is 115 Å². The fourth-order valence-corrected chi connectivity index (χ4v) is 2.21. The van der Waals surface area contributed by atoms with Gasteiger partial charge in [0.2, 0.25) is 5.91 Å². The molecule has 0 radical (unpaired) electrons. The van der Waals surface area contributed by atoms with Crippen LogP contribution in [0.25, 0.3) is 0 Å². The number of hydrogen-bond acceptors (Lipinski definition) is 3. The zero-order valence-corrected chi connectivity index (χ0v) is 11.1. The predicted octanol–water partition coefficient (Wildman–Crippen LogP) is 2.40. The van der Waals surface area contributed by atoms with Crippen molar-refractivity contribution in [2.75, 3.05) is 11.9 Å². The summed E-state index contributed by atoms with van der Waals surface area (Å²) >= 11 is 5.75. The first-order valence-corrected chi connectivity index (χ1v) is 6.30. The molecule has 5 nitrogen and oxygen atoms in total. The molecular weight excluding hydrogens is 270 g/mol. The lowest BCUT2D eigenvalue weighted by atomic mass is 10.0. The molecule has 1 fully saturated rings. The van der Waals surface area contributed by atoms with Gasteiger partial charge in [-0.15, -0.1) is 0 Å². The number of rotatable bonds is 3. The van der Waals surface area contributed by atoms with Gasteiger partial charge in [0.1, 0.15) is 0 Å². The minimum absolute atomic E-state index is 0.0205. The van der Waals surface area contributed by atoms with Gasteiger partial charge in [-0.1, -0.05) is 11.6 Å². The van der Waals surface area contributed by atoms with Gasteiger partial charge < -0.3 is 15.2 Å². The van der Waals surface area contributed by atoms with Gasteiger partial charge in [0.15, 0.2) is 0 Å². The number of aromatic carboxylic acids is 1. The number of carbonyl (C=O) groups is 2. The normalized spacial score (nSPS) is 22.2. The van der Waals surface area contributed by atoms with Crippen molar-refractivity contribution in [1.82, 2.24) is 0 Å². The summed E-state index contributed by atoms with van der Waals surface area (Å²) in [5.74, 6) is -1.60. The first-order valence-electron chi connectivity index (χ1n) is 5.92. The van der Waals surface area contributed by atoms with Crippen LogP contribution in [0.5, 0.6) is 0 Å². The summed E-state index contributed by atoms with van der Waals surface area (Å²) in [5.41, 5.74) is 0.231. The minimum Gasteiger partial charge on any atom is -0.478 e. The Kier molecular flexibility index (Phi) is 4.07. The second-order valence-electron chi connectivity index (χ2n) is 4.56. The van der Waals surface area contributed by atoms with E-state index in [2.05, 4.69) is 5.32 Å². The molecule has 2 rings (SSSR count). The average molecular weight is 284 g/mol. The van der Waals surface area contributed by atoms with E-state index in [4.69, 9.17) is 21.4 Å². The molecule has 1 aliphatic heterocycles. The maximum atomic E-state index is 12.0. The van der Waals surface area contributed by atoms with E-state index in [0.717, 1.165) is 0 Å². The summed E-state index contributed by atoms with van der Waals surface area (Å²) in [6.07, 6.45) is 0.696. The van der Waals surface area contributed by atoms with Gasteiger partial charge in [-0.3, -0.25) is 4.79 Å². The third kappa shape index (κ3) is 3.24. The lowest BCUT2D eigenvalue weighted by Gasteiger charge is -2.11. The molecule has 1 heterocycles. The monoisotopic (exact) mass is 283 g/mol. The van der Waals surface area contributed by atoms with Crippen molar-refractivity contribution in [1.29, 1.82) is 0 Å². The summed E-state index contributed by atoms with van der Waals surface area (Å²) < 4.78 is 5.32. The number of benzene rings is 1. The number of carboxylic acids is 1. The molecule has 1 aromatic carbocycles. The molecule has 0 aromatic heterocycles. The van der Waals surface area contributed by atoms with E-state index in [9.17, 15) is 9.59 Å². The van der Waals surface area contributed by atoms with Crippen LogP contribution in [0.3, 0.4) is 0 Å². The van der Waals surface area contributed by atoms with Gasteiger partial charge in [0.05, 0.1) is 29.9 Å². The van der Waals surface area contributed by atoms with E-state index in [1.807, 2.05) is 6.92 Å². The van der Waals surface area contributed by atoms with Crippen molar-refractivity contribution in [3.05, 3.63) is 28.8 Å². The third-order valence-corrected chi connectivity index (χ3v) is 3.27. The Morgan fingerprint density at radius 3 is 2.79 bits per heavy atom. The smallest absolute Gasteiger partial charge is 0.337 e. The largest absolute Gasteiger partial charge is 0.478 e. The number of carbonyl (C=O) groups excluding carboxylic acids is 1. The van der Waals surface area contributed by atoms with Crippen LogP contribution >= 0.6 is 11.6 Å². The Bertz CT molecular complexity index is 517. The van der Waals surface area contributed by atoms with Crippen LogP contribution in [0.1, 0.15) is 23.7 Å². The summed E-state index contributed by atoms with van der Waals surface area (Å²) in [4.78, 5) is 23.1. The predicted molar refractivity (Wildman–Crippen MR) is 70.6 cm³/mol. The molecule has 19 heavy (non-hydrogen) atoms. The molecule has 1 aromatic rings. The SMILES string of the molecule is CC1CC(C(=O)Nc2ccc(Cl)cc2C(=O)O)CO1. The van der Waals surface area contributed by atoms with E-state index >= 15 is 0 Å². The fraction of sp³-hybridized carbons (Fsp3) is 0.385. The Morgan fingerprint density at radius 2 is 2.21 bits per heavy atom. The second kappa shape index (κ2) is 5.59. The zero-order chi connectivity index (χ0) is 14.0. The van der Waals surface area contributed by atoms with Crippen LogP contribution in [0, 0.1) is 5.92 Å². The van der Waals surface area contributed by atoms with E-state index in [0.29, 0.717) is 18.1 Å². The van der Waals surface area contributed by atoms with Gasteiger partial charge in [0, 0.05) is 5.02 Å². The number of amides is 1. The van der Waals surface area contributed by atoms with Crippen LogP contribution < -0.4 is 5.32 Å². The highest BCUT2D eigenvalue weighted by Gasteiger charge is 2.28. The zero-order valence-electron chi connectivity index (χ0n) is 10.4. The minimum atomic E-state index is -1.13. The van der Waals surface area contributed by atoms with E-state index in [1.165, 1.54) is 18.2 Å². The van der Waals surface area contributed by atoms with Crippen molar-refractivity contribution < 1.29 is 19.4 Å². The maximum absolute atomic E-state index is 12.0. The van der Waals surface area contributed by atoms with Crippen molar-refractivity contribution in [3.8, 4) is 0 Å². The standard InChI is InChI=1S/C13H14ClNO4/c1-7-4-8(6-19-7)12(16)15-11-3-2-9(14)5-10(11)13(17)18/h2-3,5,7-8H,4,6H2,1H3,(H,15,16)(H,17,18). The quantitative estimate of drug-likeness (QED) is 0.893. The molecule has 2 N–H and O–H groups in total. The third-order valence-electron chi connectivity index (χ3n) is 3.04. The topological polar surface area (TPSA) is 75.6 Å². The summed E-state index contributed by atoms with van der Waals surface area (Å²) in [6, 6.07) is 4.34. The Hall–Kier alpha value is -1.59. The molecule has 0 saturated carbocycles. The van der Waals surface area contributed by atoms with Crippen LogP contribution in [0.4, 0.5) is 5.69 Å². The number of halogens is 1. The highest BCUT2D eigenvalue weighted by Crippen LogP contribution is 2.24. The van der Waals surface area contributed by atoms with E-state index in [1.54, 1.807) is 0 Å². The fourth-order valence-electron chi connectivity index (χ4n) is 2.04. The number of nitrogens with one attached hydrogen (secondary N) is 1. The Balaban J connectivity index is 2.14. The number of ether oxygens (including phenoxy) is 1. The van der Waals surface area contributed by atoms with Gasteiger partial charge >= 0.3 is 5.97 Å². The molecular formula is C13H14ClNO4. The number of carboxylic acid groups (broad SMARTS) is 1. The van der Waals surface area contributed by atoms with Crippen molar-refractivity contribution >= 4 is 29.2 Å². The summed E-state index contributed by atoms with van der Waals surface area (Å²) in [7, 11) is 0. The van der Waals surface area contributed by atoms with Crippen molar-refractivity contribution in [2.45, 2.75) is 19.4 Å². The molecule has 1 aliphatic rings.